The van der Waals surface area contributed by atoms with E-state index < -0.39 is 0 Å². The van der Waals surface area contributed by atoms with Gasteiger partial charge in [-0.15, -0.1) is 0 Å². The van der Waals surface area contributed by atoms with Crippen molar-refractivity contribution in [1.82, 2.24) is 15.1 Å². The minimum absolute atomic E-state index is 0.852. The van der Waals surface area contributed by atoms with Crippen LogP contribution >= 0.6 is 0 Å². The summed E-state index contributed by atoms with van der Waals surface area (Å²) in [6.07, 6.45) is 0. The van der Waals surface area contributed by atoms with Crippen LogP contribution in [0.2, 0.25) is 0 Å². The van der Waals surface area contributed by atoms with Crippen LogP contribution in [0.3, 0.4) is 0 Å². The first-order valence-corrected chi connectivity index (χ1v) is 3.71. The Bertz CT molecular complexity index is 175. The van der Waals surface area contributed by atoms with Gasteiger partial charge in [0.15, 0.2) is 0 Å². The number of hydrogen-bond donors (Lipinski definition) is 2. The predicted molar refractivity (Wildman–Crippen MR) is 45.5 cm³/mol. The Balaban J connectivity index is 2.77. The molecule has 0 radical (unpaired) electrons. The maximum atomic E-state index is 5.81. The smallest absolute Gasteiger partial charge is 0.120 e. The lowest BCUT2D eigenvalue weighted by Gasteiger charge is -2.33. The quantitative estimate of drug-likeness (QED) is 0.520. The van der Waals surface area contributed by atoms with Gasteiger partial charge in [0.25, 0.3) is 0 Å². The molecular weight excluding hydrogens is 140 g/mol. The van der Waals surface area contributed by atoms with Crippen molar-refractivity contribution in [1.29, 1.82) is 0 Å². The Hall–Kier alpha value is -0.900. The molecule has 64 valence electrons. The number of nitrogens with one attached hydrogen (secondary N) is 1. The van der Waals surface area contributed by atoms with Crippen LogP contribution < -0.4 is 11.1 Å². The maximum absolute atomic E-state index is 5.81. The minimum atomic E-state index is 0.852. The normalized spacial score (nSPS) is 20.8. The minimum Gasteiger partial charge on any atom is -0.387 e. The second-order valence-corrected chi connectivity index (χ2v) is 2.97. The largest absolute Gasteiger partial charge is 0.387 e. The van der Waals surface area contributed by atoms with Gasteiger partial charge in [0.05, 0.1) is 12.4 Å². The Morgan fingerprint density at radius 2 is 2.09 bits per heavy atom. The molecule has 0 bridgehead atoms. The zero-order valence-electron chi connectivity index (χ0n) is 7.39. The number of likely N-dealkylation sites (N-methyl/N-ethyl adjacent to an activating group) is 2. The number of nitrogens with two attached hydrogens (primary N) is 1. The van der Waals surface area contributed by atoms with Gasteiger partial charge in [-0.05, 0) is 7.05 Å². The van der Waals surface area contributed by atoms with Gasteiger partial charge in [-0.25, -0.2) is 0 Å². The van der Waals surface area contributed by atoms with Crippen molar-refractivity contribution in [2.45, 2.75) is 0 Å². The highest BCUT2D eigenvalue weighted by atomic mass is 15.3. The molecule has 0 saturated carbocycles. The lowest BCUT2D eigenvalue weighted by molar-refractivity contribution is 0.197. The topological polar surface area (TPSA) is 44.5 Å². The fraction of sp³-hybridized carbons (Fsp3) is 0.714. The van der Waals surface area contributed by atoms with Gasteiger partial charge in [-0.1, -0.05) is 0 Å². The first kappa shape index (κ1) is 8.20. The zero-order chi connectivity index (χ0) is 8.43. The van der Waals surface area contributed by atoms with Gasteiger partial charge in [0.1, 0.15) is 5.82 Å². The Morgan fingerprint density at radius 1 is 1.45 bits per heavy atom. The van der Waals surface area contributed by atoms with Crippen molar-refractivity contribution in [3.05, 3.63) is 11.5 Å². The molecule has 1 rings (SSSR count). The summed E-state index contributed by atoms with van der Waals surface area (Å²) in [5, 5.41) is 3.09. The molecule has 0 unspecified atom stereocenters. The summed E-state index contributed by atoms with van der Waals surface area (Å²) in [7, 11) is 5.96. The average molecular weight is 156 g/mol. The molecule has 0 fully saturated rings. The van der Waals surface area contributed by atoms with Crippen LogP contribution in [0.5, 0.6) is 0 Å². The molecule has 0 aliphatic carbocycles. The molecule has 1 heterocycles. The van der Waals surface area contributed by atoms with E-state index in [4.69, 9.17) is 5.73 Å². The fourth-order valence-electron chi connectivity index (χ4n) is 1.28. The second-order valence-electron chi connectivity index (χ2n) is 2.97. The highest BCUT2D eigenvalue weighted by Crippen LogP contribution is 2.08. The van der Waals surface area contributed by atoms with Gasteiger partial charge in [-0.3, -0.25) is 4.90 Å². The van der Waals surface area contributed by atoms with Crippen molar-refractivity contribution in [2.24, 2.45) is 5.73 Å². The Morgan fingerprint density at radius 3 is 2.64 bits per heavy atom. The highest BCUT2D eigenvalue weighted by Gasteiger charge is 2.16. The molecule has 4 nitrogen and oxygen atoms in total. The maximum Gasteiger partial charge on any atom is 0.120 e. The summed E-state index contributed by atoms with van der Waals surface area (Å²) in [4.78, 5) is 4.22. The summed E-state index contributed by atoms with van der Waals surface area (Å²) in [6.45, 7) is 1.81. The Labute approximate surface area is 67.6 Å². The SMILES string of the molecule is CNC1=C(N)N(C)CN(C)C1. The Kier molecular flexibility index (Phi) is 2.24. The first-order valence-electron chi connectivity index (χ1n) is 3.71. The molecule has 0 amide bonds. The molecule has 0 aromatic rings. The molecule has 0 aromatic heterocycles. The second kappa shape index (κ2) is 3.00. The van der Waals surface area contributed by atoms with Crippen molar-refractivity contribution >= 4 is 0 Å². The fourth-order valence-corrected chi connectivity index (χ4v) is 1.28. The lowest BCUT2D eigenvalue weighted by Crippen LogP contribution is -2.44. The van der Waals surface area contributed by atoms with Gasteiger partial charge < -0.3 is 16.0 Å². The van der Waals surface area contributed by atoms with Crippen molar-refractivity contribution in [3.63, 3.8) is 0 Å². The van der Waals surface area contributed by atoms with E-state index in [1.54, 1.807) is 0 Å². The van der Waals surface area contributed by atoms with Crippen LogP contribution in [-0.2, 0) is 0 Å². The van der Waals surface area contributed by atoms with E-state index in [2.05, 4.69) is 17.3 Å². The van der Waals surface area contributed by atoms with E-state index in [0.717, 1.165) is 24.7 Å². The van der Waals surface area contributed by atoms with Gasteiger partial charge in [0, 0.05) is 20.6 Å². The molecule has 0 aromatic carbocycles. The van der Waals surface area contributed by atoms with Gasteiger partial charge >= 0.3 is 0 Å². The van der Waals surface area contributed by atoms with E-state index in [0.29, 0.717) is 0 Å². The van der Waals surface area contributed by atoms with Crippen LogP contribution in [0.4, 0.5) is 0 Å². The summed E-state index contributed by atoms with van der Waals surface area (Å²) in [5.74, 6) is 0.852. The third kappa shape index (κ3) is 1.57. The first-order chi connectivity index (χ1) is 5.15. The standard InChI is InChI=1S/C7H16N4/c1-9-6-4-10(2)5-11(3)7(6)8/h9H,4-5,8H2,1-3H3. The van der Waals surface area contributed by atoms with Gasteiger partial charge in [-0.2, -0.15) is 0 Å². The third-order valence-electron chi connectivity index (χ3n) is 1.90. The zero-order valence-corrected chi connectivity index (χ0v) is 7.39. The van der Waals surface area contributed by atoms with Crippen LogP contribution in [0, 0.1) is 0 Å². The van der Waals surface area contributed by atoms with Crippen LogP contribution in [0.1, 0.15) is 0 Å². The highest BCUT2D eigenvalue weighted by molar-refractivity contribution is 5.11. The molecule has 1 aliphatic heterocycles. The van der Waals surface area contributed by atoms with Crippen molar-refractivity contribution in [3.8, 4) is 0 Å². The van der Waals surface area contributed by atoms with E-state index in [-0.39, 0.29) is 0 Å². The number of nitrogens with zero attached hydrogens (tertiary/aromatic N) is 2. The molecule has 0 atom stereocenters. The molecule has 0 spiro atoms. The lowest BCUT2D eigenvalue weighted by atomic mass is 10.3. The summed E-state index contributed by atoms with van der Waals surface area (Å²) >= 11 is 0. The molecule has 3 N–H and O–H groups in total. The van der Waals surface area contributed by atoms with Crippen LogP contribution in [0.15, 0.2) is 11.5 Å². The van der Waals surface area contributed by atoms with E-state index in [1.807, 2.05) is 19.0 Å². The molecule has 11 heavy (non-hydrogen) atoms. The molecular formula is C7H16N4. The third-order valence-corrected chi connectivity index (χ3v) is 1.90. The van der Waals surface area contributed by atoms with Crippen molar-refractivity contribution in [2.75, 3.05) is 34.4 Å². The molecule has 4 heteroatoms. The van der Waals surface area contributed by atoms with E-state index in [1.165, 1.54) is 0 Å². The van der Waals surface area contributed by atoms with Crippen LogP contribution in [0.25, 0.3) is 0 Å². The number of rotatable bonds is 1. The summed E-state index contributed by atoms with van der Waals surface area (Å²) in [6, 6.07) is 0. The molecule has 0 saturated heterocycles. The monoisotopic (exact) mass is 156 g/mol. The summed E-state index contributed by atoms with van der Waals surface area (Å²) in [5.41, 5.74) is 6.91. The number of hydrogen-bond acceptors (Lipinski definition) is 4. The van der Waals surface area contributed by atoms with E-state index in [9.17, 15) is 0 Å². The predicted octanol–water partition coefficient (Wildman–Crippen LogP) is -0.832. The summed E-state index contributed by atoms with van der Waals surface area (Å²) < 4.78 is 0. The van der Waals surface area contributed by atoms with Gasteiger partial charge in [0.2, 0.25) is 0 Å². The molecule has 1 aliphatic rings. The van der Waals surface area contributed by atoms with Crippen LogP contribution in [-0.4, -0.2) is 44.2 Å². The van der Waals surface area contributed by atoms with Crippen molar-refractivity contribution < 1.29 is 0 Å². The van der Waals surface area contributed by atoms with E-state index >= 15 is 0 Å². The average Bonchev–Trinajstić information content (AvgIpc) is 1.96.